The molecule has 3 rings (SSSR count). The number of nitrogens with one attached hydrogen (secondary N) is 1. The van der Waals surface area contributed by atoms with Gasteiger partial charge in [-0.05, 0) is 42.5 Å². The third-order valence-corrected chi connectivity index (χ3v) is 3.92. The summed E-state index contributed by atoms with van der Waals surface area (Å²) in [4.78, 5) is 45.6. The smallest absolute Gasteiger partial charge is 0.335 e. The zero-order valence-electron chi connectivity index (χ0n) is 14.2. The van der Waals surface area contributed by atoms with Gasteiger partial charge in [0.25, 0.3) is 17.2 Å². The van der Waals surface area contributed by atoms with E-state index in [-0.39, 0.29) is 22.4 Å². The molecule has 0 saturated carbocycles. The van der Waals surface area contributed by atoms with Crippen LogP contribution in [0.4, 0.5) is 11.4 Å². The number of anilines is 1. The Morgan fingerprint density at radius 1 is 1.00 bits per heavy atom. The van der Waals surface area contributed by atoms with Gasteiger partial charge in [-0.1, -0.05) is 6.07 Å². The highest BCUT2D eigenvalue weighted by Crippen LogP contribution is 2.26. The first-order valence-corrected chi connectivity index (χ1v) is 7.98. The van der Waals surface area contributed by atoms with E-state index in [9.17, 15) is 24.5 Å². The van der Waals surface area contributed by atoms with E-state index in [4.69, 9.17) is 5.11 Å². The van der Waals surface area contributed by atoms with E-state index in [0.29, 0.717) is 5.69 Å². The molecule has 0 aliphatic carbocycles. The molecule has 28 heavy (non-hydrogen) atoms. The second-order valence-corrected chi connectivity index (χ2v) is 5.70. The van der Waals surface area contributed by atoms with Crippen LogP contribution in [-0.4, -0.2) is 26.5 Å². The fourth-order valence-corrected chi connectivity index (χ4v) is 2.53. The number of carbonyl (C=O) groups excluding carboxylic acids is 1. The fraction of sp³-hybridized carbons (Fsp3) is 0. The number of aromatic carboxylic acids is 1. The van der Waals surface area contributed by atoms with Crippen molar-refractivity contribution in [3.63, 3.8) is 0 Å². The lowest BCUT2D eigenvalue weighted by Gasteiger charge is -2.08. The number of amides is 1. The van der Waals surface area contributed by atoms with E-state index < -0.39 is 22.5 Å². The van der Waals surface area contributed by atoms with Gasteiger partial charge in [0.1, 0.15) is 5.69 Å². The molecule has 0 fully saturated rings. The lowest BCUT2D eigenvalue weighted by atomic mass is 10.1. The van der Waals surface area contributed by atoms with Gasteiger partial charge < -0.3 is 10.4 Å². The van der Waals surface area contributed by atoms with Crippen molar-refractivity contribution >= 4 is 23.3 Å². The first-order valence-electron chi connectivity index (χ1n) is 7.98. The van der Waals surface area contributed by atoms with Crippen molar-refractivity contribution in [2.24, 2.45) is 0 Å². The van der Waals surface area contributed by atoms with Crippen LogP contribution in [-0.2, 0) is 0 Å². The maximum Gasteiger partial charge on any atom is 0.335 e. The van der Waals surface area contributed by atoms with Gasteiger partial charge in [0.05, 0.1) is 10.5 Å². The Bertz CT molecular complexity index is 1130. The number of rotatable bonds is 5. The first-order chi connectivity index (χ1) is 13.4. The van der Waals surface area contributed by atoms with Gasteiger partial charge in [0.2, 0.25) is 0 Å². The van der Waals surface area contributed by atoms with E-state index >= 15 is 0 Å². The van der Waals surface area contributed by atoms with Crippen molar-refractivity contribution < 1.29 is 19.6 Å². The lowest BCUT2D eigenvalue weighted by molar-refractivity contribution is -0.383. The minimum Gasteiger partial charge on any atom is -0.478 e. The highest BCUT2D eigenvalue weighted by molar-refractivity contribution is 6.05. The number of carbonyl (C=O) groups is 2. The molecule has 0 radical (unpaired) electrons. The molecular weight excluding hydrogens is 366 g/mol. The Kier molecular flexibility index (Phi) is 4.99. The van der Waals surface area contributed by atoms with Crippen LogP contribution in [0.1, 0.15) is 20.7 Å². The molecule has 0 unspecified atom stereocenters. The highest BCUT2D eigenvalue weighted by Gasteiger charge is 2.19. The van der Waals surface area contributed by atoms with E-state index in [2.05, 4.69) is 5.32 Å². The van der Waals surface area contributed by atoms with Crippen molar-refractivity contribution in [3.8, 4) is 5.69 Å². The van der Waals surface area contributed by atoms with Crippen molar-refractivity contribution in [2.45, 2.75) is 0 Å². The first kappa shape index (κ1) is 18.5. The minimum atomic E-state index is -1.31. The van der Waals surface area contributed by atoms with Crippen molar-refractivity contribution in [2.75, 3.05) is 5.32 Å². The topological polar surface area (TPSA) is 132 Å². The molecule has 140 valence electrons. The largest absolute Gasteiger partial charge is 0.478 e. The van der Waals surface area contributed by atoms with Crippen LogP contribution in [0.3, 0.4) is 0 Å². The molecule has 2 N–H and O–H groups in total. The van der Waals surface area contributed by atoms with Gasteiger partial charge >= 0.3 is 5.97 Å². The van der Waals surface area contributed by atoms with Gasteiger partial charge in [-0.3, -0.25) is 24.3 Å². The summed E-state index contributed by atoms with van der Waals surface area (Å²) in [6, 6.07) is 14.0. The Labute approximate surface area is 157 Å². The Hall–Kier alpha value is -4.27. The molecular formula is C19H13N3O6. The number of hydrogen-bond donors (Lipinski definition) is 2. The normalized spacial score (nSPS) is 10.3. The van der Waals surface area contributed by atoms with Crippen LogP contribution < -0.4 is 10.9 Å². The maximum atomic E-state index is 12.4. The van der Waals surface area contributed by atoms with Crippen LogP contribution in [0.25, 0.3) is 5.69 Å². The standard InChI is InChI=1S/C19H13N3O6/c23-17-3-1-2-10-21(17)14-7-4-12(5-8-14)18(24)20-15-9-6-13(19(25)26)11-16(15)22(27)28/h1-11H,(H,20,24)(H,25,26). The number of pyridine rings is 1. The quantitative estimate of drug-likeness (QED) is 0.517. The van der Waals surface area contributed by atoms with E-state index in [1.807, 2.05) is 0 Å². The predicted molar refractivity (Wildman–Crippen MR) is 100 cm³/mol. The number of nitro benzene ring substituents is 1. The number of nitro groups is 1. The fourth-order valence-electron chi connectivity index (χ4n) is 2.53. The predicted octanol–water partition coefficient (Wildman–Crippen LogP) is 2.70. The number of benzene rings is 2. The Morgan fingerprint density at radius 2 is 1.68 bits per heavy atom. The molecule has 0 spiro atoms. The van der Waals surface area contributed by atoms with Crippen LogP contribution >= 0.6 is 0 Å². The summed E-state index contributed by atoms with van der Waals surface area (Å²) >= 11 is 0. The van der Waals surface area contributed by atoms with E-state index in [1.165, 1.54) is 22.8 Å². The number of nitrogens with zero attached hydrogens (tertiary/aromatic N) is 2. The molecule has 0 atom stereocenters. The molecule has 9 heteroatoms. The molecule has 0 aliphatic rings. The monoisotopic (exact) mass is 379 g/mol. The summed E-state index contributed by atoms with van der Waals surface area (Å²) in [7, 11) is 0. The molecule has 9 nitrogen and oxygen atoms in total. The molecule has 1 aromatic heterocycles. The molecule has 1 amide bonds. The zero-order valence-corrected chi connectivity index (χ0v) is 14.2. The van der Waals surface area contributed by atoms with Gasteiger partial charge in [0, 0.05) is 29.6 Å². The van der Waals surface area contributed by atoms with Crippen LogP contribution in [0.15, 0.2) is 71.7 Å². The van der Waals surface area contributed by atoms with E-state index in [0.717, 1.165) is 18.2 Å². The van der Waals surface area contributed by atoms with Crippen molar-refractivity contribution in [1.82, 2.24) is 4.57 Å². The molecule has 0 bridgehead atoms. The number of aromatic nitrogens is 1. The summed E-state index contributed by atoms with van der Waals surface area (Å²) in [5, 5.41) is 22.5. The highest BCUT2D eigenvalue weighted by atomic mass is 16.6. The molecule has 0 aliphatic heterocycles. The SMILES string of the molecule is O=C(O)c1ccc(NC(=O)c2ccc(-n3ccccc3=O)cc2)c([N+](=O)[O-])c1. The molecule has 0 saturated heterocycles. The second kappa shape index (κ2) is 7.54. The van der Waals surface area contributed by atoms with Crippen molar-refractivity contribution in [1.29, 1.82) is 0 Å². The second-order valence-electron chi connectivity index (χ2n) is 5.70. The lowest BCUT2D eigenvalue weighted by Crippen LogP contribution is -2.16. The average Bonchev–Trinajstić information content (AvgIpc) is 2.68. The van der Waals surface area contributed by atoms with E-state index in [1.54, 1.807) is 30.5 Å². The third-order valence-electron chi connectivity index (χ3n) is 3.92. The minimum absolute atomic E-state index is 0.122. The maximum absolute atomic E-state index is 12.4. The van der Waals surface area contributed by atoms with Gasteiger partial charge in [-0.2, -0.15) is 0 Å². The summed E-state index contributed by atoms with van der Waals surface area (Å²) in [5.74, 6) is -1.93. The van der Waals surface area contributed by atoms with Gasteiger partial charge in [-0.15, -0.1) is 0 Å². The van der Waals surface area contributed by atoms with Crippen LogP contribution in [0, 0.1) is 10.1 Å². The molecule has 1 heterocycles. The zero-order chi connectivity index (χ0) is 20.3. The summed E-state index contributed by atoms with van der Waals surface area (Å²) in [5.41, 5.74) is -0.372. The Morgan fingerprint density at radius 3 is 2.29 bits per heavy atom. The van der Waals surface area contributed by atoms with Gasteiger partial charge in [-0.25, -0.2) is 4.79 Å². The number of hydrogen-bond acceptors (Lipinski definition) is 5. The third kappa shape index (κ3) is 3.78. The summed E-state index contributed by atoms with van der Waals surface area (Å²) in [6.07, 6.45) is 1.59. The van der Waals surface area contributed by atoms with Crippen LogP contribution in [0.5, 0.6) is 0 Å². The molecule has 2 aromatic carbocycles. The van der Waals surface area contributed by atoms with Crippen molar-refractivity contribution in [3.05, 3.63) is 98.5 Å². The van der Waals surface area contributed by atoms with Crippen LogP contribution in [0.2, 0.25) is 0 Å². The molecule has 3 aromatic rings. The number of carboxylic acid groups (broad SMARTS) is 1. The number of carboxylic acids is 1. The van der Waals surface area contributed by atoms with Gasteiger partial charge in [0.15, 0.2) is 0 Å². The summed E-state index contributed by atoms with van der Waals surface area (Å²) in [6.45, 7) is 0. The average molecular weight is 379 g/mol. The summed E-state index contributed by atoms with van der Waals surface area (Å²) < 4.78 is 1.40. The Balaban J connectivity index is 1.86.